The predicted molar refractivity (Wildman–Crippen MR) is 117 cm³/mol. The molecule has 0 radical (unpaired) electrons. The quantitative estimate of drug-likeness (QED) is 0.794. The molecule has 164 valence electrons. The molecule has 8 nitrogen and oxygen atoms in total. The van der Waals surface area contributed by atoms with E-state index in [1.54, 1.807) is 18.9 Å². The maximum Gasteiger partial charge on any atom is 0.227 e. The van der Waals surface area contributed by atoms with Crippen molar-refractivity contribution in [1.29, 1.82) is 0 Å². The van der Waals surface area contributed by atoms with E-state index >= 15 is 0 Å². The molecule has 8 heteroatoms. The first kappa shape index (κ1) is 21.1. The fourth-order valence-electron chi connectivity index (χ4n) is 4.43. The molecule has 2 amide bonds. The molecule has 3 heterocycles. The zero-order valence-electron chi connectivity index (χ0n) is 18.4. The van der Waals surface area contributed by atoms with E-state index in [1.807, 2.05) is 36.2 Å². The number of fused-ring (bicyclic) bond motifs is 1. The van der Waals surface area contributed by atoms with Crippen LogP contribution >= 0.6 is 0 Å². The molecule has 0 unspecified atom stereocenters. The van der Waals surface area contributed by atoms with Crippen LogP contribution < -0.4 is 10.1 Å². The van der Waals surface area contributed by atoms with Crippen molar-refractivity contribution in [2.75, 3.05) is 32.6 Å². The maximum atomic E-state index is 13.1. The monoisotopic (exact) mass is 423 g/mol. The van der Waals surface area contributed by atoms with Crippen LogP contribution in [-0.2, 0) is 29.0 Å². The lowest BCUT2D eigenvalue weighted by molar-refractivity contribution is -0.131. The van der Waals surface area contributed by atoms with Gasteiger partial charge in [0.25, 0.3) is 0 Å². The van der Waals surface area contributed by atoms with Gasteiger partial charge in [-0.1, -0.05) is 12.1 Å². The first-order valence-corrected chi connectivity index (χ1v) is 10.8. The van der Waals surface area contributed by atoms with Gasteiger partial charge in [-0.2, -0.15) is 0 Å². The number of ether oxygens (including phenoxy) is 1. The number of anilines is 1. The average molecular weight is 424 g/mol. The standard InChI is InChI=1S/C23H29N5O3/c1-15(29)27-12-10-18-19(14-27)25-23(26-22(18)24-2)20-5-4-11-28(20)21(30)13-16-6-8-17(31-3)9-7-16/h6-9,20H,4-5,10-14H2,1-3H3,(H,24,25,26)/t20-/m1/s1. The molecule has 4 rings (SSSR count). The minimum absolute atomic E-state index is 0.0500. The third kappa shape index (κ3) is 4.33. The number of aromatic nitrogens is 2. The number of carbonyl (C=O) groups is 2. The number of nitrogens with one attached hydrogen (secondary N) is 1. The van der Waals surface area contributed by atoms with Crippen molar-refractivity contribution in [2.24, 2.45) is 0 Å². The van der Waals surface area contributed by atoms with Crippen LogP contribution in [0.4, 0.5) is 5.82 Å². The molecule has 2 aliphatic heterocycles. The van der Waals surface area contributed by atoms with Gasteiger partial charge in [0.2, 0.25) is 11.8 Å². The molecule has 1 saturated heterocycles. The fourth-order valence-corrected chi connectivity index (χ4v) is 4.43. The van der Waals surface area contributed by atoms with Gasteiger partial charge < -0.3 is 19.9 Å². The smallest absolute Gasteiger partial charge is 0.227 e. The Hall–Kier alpha value is -3.16. The summed E-state index contributed by atoms with van der Waals surface area (Å²) in [6.07, 6.45) is 2.83. The van der Waals surface area contributed by atoms with E-state index in [4.69, 9.17) is 14.7 Å². The number of carbonyl (C=O) groups excluding carboxylic acids is 2. The van der Waals surface area contributed by atoms with E-state index in [-0.39, 0.29) is 17.9 Å². The summed E-state index contributed by atoms with van der Waals surface area (Å²) in [4.78, 5) is 38.3. The minimum atomic E-state index is -0.143. The van der Waals surface area contributed by atoms with Crippen LogP contribution in [0.2, 0.25) is 0 Å². The Morgan fingerprint density at radius 1 is 1.19 bits per heavy atom. The Balaban J connectivity index is 1.57. The van der Waals surface area contributed by atoms with Gasteiger partial charge in [0.15, 0.2) is 5.82 Å². The SMILES string of the molecule is CNc1nc([C@H]2CCCN2C(=O)Cc2ccc(OC)cc2)nc2c1CCN(C(C)=O)C2. The molecule has 1 aromatic heterocycles. The molecule has 1 fully saturated rings. The van der Waals surface area contributed by atoms with E-state index in [0.717, 1.165) is 47.7 Å². The molecular weight excluding hydrogens is 394 g/mol. The van der Waals surface area contributed by atoms with Crippen LogP contribution in [-0.4, -0.2) is 58.8 Å². The van der Waals surface area contributed by atoms with Gasteiger partial charge in [-0.05, 0) is 37.0 Å². The fraction of sp³-hybridized carbons (Fsp3) is 0.478. The second-order valence-corrected chi connectivity index (χ2v) is 8.07. The van der Waals surface area contributed by atoms with E-state index in [1.165, 1.54) is 0 Å². The van der Waals surface area contributed by atoms with E-state index in [2.05, 4.69) is 5.32 Å². The molecule has 1 N–H and O–H groups in total. The second kappa shape index (κ2) is 8.91. The highest BCUT2D eigenvalue weighted by Gasteiger charge is 2.34. The lowest BCUT2D eigenvalue weighted by atomic mass is 10.0. The van der Waals surface area contributed by atoms with Crippen LogP contribution in [0, 0.1) is 0 Å². The molecule has 0 spiro atoms. The van der Waals surface area contributed by atoms with Gasteiger partial charge in [0, 0.05) is 32.6 Å². The van der Waals surface area contributed by atoms with Crippen LogP contribution in [0.5, 0.6) is 5.75 Å². The molecule has 1 atom stereocenters. The van der Waals surface area contributed by atoms with Crippen molar-refractivity contribution in [1.82, 2.24) is 19.8 Å². The van der Waals surface area contributed by atoms with Crippen LogP contribution in [0.1, 0.15) is 48.5 Å². The highest BCUT2D eigenvalue weighted by Crippen LogP contribution is 2.33. The average Bonchev–Trinajstić information content (AvgIpc) is 3.28. The molecular formula is C23H29N5O3. The molecule has 31 heavy (non-hydrogen) atoms. The van der Waals surface area contributed by atoms with E-state index in [0.29, 0.717) is 31.9 Å². The van der Waals surface area contributed by atoms with Crippen LogP contribution in [0.3, 0.4) is 0 Å². The number of methoxy groups -OCH3 is 1. The zero-order valence-corrected chi connectivity index (χ0v) is 18.4. The molecule has 0 bridgehead atoms. The number of likely N-dealkylation sites (tertiary alicyclic amines) is 1. The minimum Gasteiger partial charge on any atom is -0.497 e. The Bertz CT molecular complexity index is 976. The summed E-state index contributed by atoms with van der Waals surface area (Å²) >= 11 is 0. The normalized spacial score (nSPS) is 18.0. The first-order chi connectivity index (χ1) is 15.0. The Kier molecular flexibility index (Phi) is 6.06. The van der Waals surface area contributed by atoms with Crippen molar-refractivity contribution in [3.63, 3.8) is 0 Å². The number of hydrogen-bond acceptors (Lipinski definition) is 6. The highest BCUT2D eigenvalue weighted by atomic mass is 16.5. The molecule has 0 saturated carbocycles. The molecule has 0 aliphatic carbocycles. The zero-order chi connectivity index (χ0) is 22.0. The first-order valence-electron chi connectivity index (χ1n) is 10.8. The van der Waals surface area contributed by atoms with E-state index < -0.39 is 0 Å². The number of benzene rings is 1. The van der Waals surface area contributed by atoms with Gasteiger partial charge in [-0.15, -0.1) is 0 Å². The summed E-state index contributed by atoms with van der Waals surface area (Å²) in [6.45, 7) is 3.45. The number of hydrogen-bond donors (Lipinski definition) is 1. The van der Waals surface area contributed by atoms with Crippen molar-refractivity contribution < 1.29 is 14.3 Å². The summed E-state index contributed by atoms with van der Waals surface area (Å²) < 4.78 is 5.20. The summed E-state index contributed by atoms with van der Waals surface area (Å²) in [5.41, 5.74) is 2.90. The largest absolute Gasteiger partial charge is 0.497 e. The number of nitrogens with zero attached hydrogens (tertiary/aromatic N) is 4. The maximum absolute atomic E-state index is 13.1. The summed E-state index contributed by atoms with van der Waals surface area (Å²) in [5, 5.41) is 3.19. The van der Waals surface area contributed by atoms with Crippen molar-refractivity contribution in [2.45, 2.75) is 45.2 Å². The number of rotatable bonds is 5. The van der Waals surface area contributed by atoms with Crippen LogP contribution in [0.25, 0.3) is 0 Å². The third-order valence-electron chi connectivity index (χ3n) is 6.15. The predicted octanol–water partition coefficient (Wildman–Crippen LogP) is 2.34. The van der Waals surface area contributed by atoms with Gasteiger partial charge in [-0.3, -0.25) is 9.59 Å². The van der Waals surface area contributed by atoms with Crippen molar-refractivity contribution in [3.8, 4) is 5.75 Å². The van der Waals surface area contributed by atoms with Gasteiger partial charge in [0.05, 0.1) is 31.8 Å². The lowest BCUT2D eigenvalue weighted by Crippen LogP contribution is -2.37. The Morgan fingerprint density at radius 3 is 2.65 bits per heavy atom. The lowest BCUT2D eigenvalue weighted by Gasteiger charge is -2.30. The summed E-state index contributed by atoms with van der Waals surface area (Å²) in [6, 6.07) is 7.45. The molecule has 2 aromatic rings. The van der Waals surface area contributed by atoms with Gasteiger partial charge in [-0.25, -0.2) is 9.97 Å². The van der Waals surface area contributed by atoms with Gasteiger partial charge in [0.1, 0.15) is 11.6 Å². The van der Waals surface area contributed by atoms with Gasteiger partial charge >= 0.3 is 0 Å². The van der Waals surface area contributed by atoms with E-state index in [9.17, 15) is 9.59 Å². The van der Waals surface area contributed by atoms with Crippen molar-refractivity contribution in [3.05, 3.63) is 46.9 Å². The Labute approximate surface area is 182 Å². The summed E-state index contributed by atoms with van der Waals surface area (Å²) in [5.74, 6) is 2.36. The topological polar surface area (TPSA) is 87.7 Å². The number of amides is 2. The second-order valence-electron chi connectivity index (χ2n) is 8.07. The van der Waals surface area contributed by atoms with Crippen LogP contribution in [0.15, 0.2) is 24.3 Å². The summed E-state index contributed by atoms with van der Waals surface area (Å²) in [7, 11) is 3.48. The highest BCUT2D eigenvalue weighted by molar-refractivity contribution is 5.79. The molecule has 2 aliphatic rings. The Morgan fingerprint density at radius 2 is 1.97 bits per heavy atom. The van der Waals surface area contributed by atoms with Crippen molar-refractivity contribution >= 4 is 17.6 Å². The third-order valence-corrected chi connectivity index (χ3v) is 6.15. The molecule has 1 aromatic carbocycles.